The Morgan fingerprint density at radius 3 is 2.80 bits per heavy atom. The molecule has 0 N–H and O–H groups in total. The molecule has 60 valence electrons. The summed E-state index contributed by atoms with van der Waals surface area (Å²) >= 11 is 0. The van der Waals surface area contributed by atoms with E-state index in [9.17, 15) is 0 Å². The Kier molecular flexibility index (Phi) is 3.20. The fourth-order valence-corrected chi connectivity index (χ4v) is 1.41. The summed E-state index contributed by atoms with van der Waals surface area (Å²) in [5.41, 5.74) is 0. The van der Waals surface area contributed by atoms with Crippen LogP contribution in [0.15, 0.2) is 0 Å². The summed E-state index contributed by atoms with van der Waals surface area (Å²) in [5, 5.41) is 0. The first-order valence-corrected chi connectivity index (χ1v) is 4.50. The zero-order chi connectivity index (χ0) is 7.40. The SMILES string of the molecule is CCCCC1CC1OCC. The Bertz CT molecular complexity index is 90.7. The Labute approximate surface area is 63.8 Å². The van der Waals surface area contributed by atoms with Gasteiger partial charge in [-0.2, -0.15) is 0 Å². The summed E-state index contributed by atoms with van der Waals surface area (Å²) in [6, 6.07) is 0. The maximum absolute atomic E-state index is 5.46. The Morgan fingerprint density at radius 2 is 2.20 bits per heavy atom. The predicted molar refractivity (Wildman–Crippen MR) is 43.0 cm³/mol. The molecule has 2 unspecified atom stereocenters. The third kappa shape index (κ3) is 2.30. The number of hydrogen-bond acceptors (Lipinski definition) is 1. The van der Waals surface area contributed by atoms with E-state index in [2.05, 4.69) is 13.8 Å². The molecule has 1 aliphatic rings. The summed E-state index contributed by atoms with van der Waals surface area (Å²) in [6.45, 7) is 5.22. The molecule has 1 fully saturated rings. The van der Waals surface area contributed by atoms with Crippen molar-refractivity contribution in [2.75, 3.05) is 6.61 Å². The van der Waals surface area contributed by atoms with E-state index < -0.39 is 0 Å². The van der Waals surface area contributed by atoms with E-state index in [1.807, 2.05) is 0 Å². The van der Waals surface area contributed by atoms with Gasteiger partial charge in [0.15, 0.2) is 0 Å². The minimum atomic E-state index is 0.636. The first-order valence-electron chi connectivity index (χ1n) is 4.50. The molecule has 0 amide bonds. The molecule has 0 bridgehead atoms. The van der Waals surface area contributed by atoms with Crippen molar-refractivity contribution in [3.8, 4) is 0 Å². The van der Waals surface area contributed by atoms with Crippen LogP contribution >= 0.6 is 0 Å². The Hall–Kier alpha value is -0.0400. The van der Waals surface area contributed by atoms with Crippen LogP contribution in [0.25, 0.3) is 0 Å². The van der Waals surface area contributed by atoms with E-state index in [1.54, 1.807) is 0 Å². The standard InChI is InChI=1S/C9H18O/c1-3-5-6-8-7-9(8)10-4-2/h8-9H,3-7H2,1-2H3. The van der Waals surface area contributed by atoms with Gasteiger partial charge in [0.25, 0.3) is 0 Å². The normalized spacial score (nSPS) is 30.6. The van der Waals surface area contributed by atoms with Crippen LogP contribution in [0, 0.1) is 5.92 Å². The number of unbranched alkanes of at least 4 members (excludes halogenated alkanes) is 1. The molecule has 0 saturated heterocycles. The molecule has 1 saturated carbocycles. The van der Waals surface area contributed by atoms with Crippen LogP contribution in [0.3, 0.4) is 0 Å². The summed E-state index contributed by atoms with van der Waals surface area (Å²) < 4.78 is 5.46. The van der Waals surface area contributed by atoms with Crippen molar-refractivity contribution in [1.82, 2.24) is 0 Å². The molecule has 10 heavy (non-hydrogen) atoms. The molecular weight excluding hydrogens is 124 g/mol. The maximum Gasteiger partial charge on any atom is 0.0607 e. The van der Waals surface area contributed by atoms with Crippen molar-refractivity contribution in [1.29, 1.82) is 0 Å². The largest absolute Gasteiger partial charge is 0.378 e. The van der Waals surface area contributed by atoms with E-state index in [0.29, 0.717) is 6.10 Å². The van der Waals surface area contributed by atoms with Crippen LogP contribution in [0.5, 0.6) is 0 Å². The van der Waals surface area contributed by atoms with E-state index in [4.69, 9.17) is 4.74 Å². The molecule has 0 aliphatic heterocycles. The van der Waals surface area contributed by atoms with Gasteiger partial charge in [0, 0.05) is 6.61 Å². The van der Waals surface area contributed by atoms with Crippen molar-refractivity contribution in [2.45, 2.75) is 45.6 Å². The molecule has 0 aromatic heterocycles. The zero-order valence-corrected chi connectivity index (χ0v) is 7.10. The zero-order valence-electron chi connectivity index (χ0n) is 7.10. The summed E-state index contributed by atoms with van der Waals surface area (Å²) in [5.74, 6) is 0.917. The number of rotatable bonds is 5. The van der Waals surface area contributed by atoms with Gasteiger partial charge in [0.05, 0.1) is 6.10 Å². The van der Waals surface area contributed by atoms with E-state index in [-0.39, 0.29) is 0 Å². The van der Waals surface area contributed by atoms with Gasteiger partial charge in [-0.25, -0.2) is 0 Å². The number of ether oxygens (including phenoxy) is 1. The van der Waals surface area contributed by atoms with Crippen LogP contribution in [0.2, 0.25) is 0 Å². The lowest BCUT2D eigenvalue weighted by molar-refractivity contribution is 0.120. The van der Waals surface area contributed by atoms with Crippen molar-refractivity contribution >= 4 is 0 Å². The van der Waals surface area contributed by atoms with Crippen molar-refractivity contribution in [3.05, 3.63) is 0 Å². The van der Waals surface area contributed by atoms with E-state index >= 15 is 0 Å². The maximum atomic E-state index is 5.46. The molecule has 0 spiro atoms. The minimum Gasteiger partial charge on any atom is -0.378 e. The van der Waals surface area contributed by atoms with Crippen LogP contribution in [-0.4, -0.2) is 12.7 Å². The molecule has 1 aliphatic carbocycles. The fraction of sp³-hybridized carbons (Fsp3) is 1.00. The first-order chi connectivity index (χ1) is 4.88. The highest BCUT2D eigenvalue weighted by molar-refractivity contribution is 4.87. The lowest BCUT2D eigenvalue weighted by atomic mass is 10.2. The van der Waals surface area contributed by atoms with Gasteiger partial charge in [0.2, 0.25) is 0 Å². The summed E-state index contributed by atoms with van der Waals surface area (Å²) in [6.07, 6.45) is 6.06. The van der Waals surface area contributed by atoms with Gasteiger partial charge in [-0.15, -0.1) is 0 Å². The Morgan fingerprint density at radius 1 is 1.40 bits per heavy atom. The minimum absolute atomic E-state index is 0.636. The second-order valence-corrected chi connectivity index (χ2v) is 3.13. The highest BCUT2D eigenvalue weighted by Gasteiger charge is 2.36. The monoisotopic (exact) mass is 142 g/mol. The molecule has 1 heteroatoms. The highest BCUT2D eigenvalue weighted by Crippen LogP contribution is 2.37. The van der Waals surface area contributed by atoms with E-state index in [1.165, 1.54) is 25.7 Å². The van der Waals surface area contributed by atoms with Crippen LogP contribution < -0.4 is 0 Å². The molecule has 2 atom stereocenters. The van der Waals surface area contributed by atoms with Crippen LogP contribution in [0.4, 0.5) is 0 Å². The predicted octanol–water partition coefficient (Wildman–Crippen LogP) is 2.60. The molecule has 1 rings (SSSR count). The fourth-order valence-electron chi connectivity index (χ4n) is 1.41. The second kappa shape index (κ2) is 3.97. The van der Waals surface area contributed by atoms with Crippen molar-refractivity contribution < 1.29 is 4.74 Å². The van der Waals surface area contributed by atoms with Gasteiger partial charge in [-0.05, 0) is 25.7 Å². The average Bonchev–Trinajstić information content (AvgIpc) is 2.65. The van der Waals surface area contributed by atoms with Gasteiger partial charge in [-0.1, -0.05) is 19.8 Å². The molecule has 0 aromatic carbocycles. The molecule has 1 nitrogen and oxygen atoms in total. The molecular formula is C9H18O. The van der Waals surface area contributed by atoms with Crippen molar-refractivity contribution in [3.63, 3.8) is 0 Å². The third-order valence-electron chi connectivity index (χ3n) is 2.17. The Balaban J connectivity index is 1.92. The summed E-state index contributed by atoms with van der Waals surface area (Å²) in [7, 11) is 0. The van der Waals surface area contributed by atoms with Gasteiger partial charge >= 0.3 is 0 Å². The smallest absolute Gasteiger partial charge is 0.0607 e. The van der Waals surface area contributed by atoms with Gasteiger partial charge < -0.3 is 4.74 Å². The lowest BCUT2D eigenvalue weighted by Crippen LogP contribution is -1.95. The quantitative estimate of drug-likeness (QED) is 0.573. The third-order valence-corrected chi connectivity index (χ3v) is 2.17. The first kappa shape index (κ1) is 8.06. The van der Waals surface area contributed by atoms with Crippen LogP contribution in [-0.2, 0) is 4.74 Å². The topological polar surface area (TPSA) is 9.23 Å². The van der Waals surface area contributed by atoms with Gasteiger partial charge in [0.1, 0.15) is 0 Å². The summed E-state index contributed by atoms with van der Waals surface area (Å²) in [4.78, 5) is 0. The van der Waals surface area contributed by atoms with Crippen molar-refractivity contribution in [2.24, 2.45) is 5.92 Å². The van der Waals surface area contributed by atoms with Crippen LogP contribution in [0.1, 0.15) is 39.5 Å². The second-order valence-electron chi connectivity index (χ2n) is 3.13. The lowest BCUT2D eigenvalue weighted by Gasteiger charge is -1.97. The molecule has 0 radical (unpaired) electrons. The molecule has 0 heterocycles. The number of hydrogen-bond donors (Lipinski definition) is 0. The molecule has 0 aromatic rings. The van der Waals surface area contributed by atoms with Gasteiger partial charge in [-0.3, -0.25) is 0 Å². The average molecular weight is 142 g/mol. The highest BCUT2D eigenvalue weighted by atomic mass is 16.5. The van der Waals surface area contributed by atoms with E-state index in [0.717, 1.165) is 12.5 Å².